The van der Waals surface area contributed by atoms with Crippen LogP contribution >= 0.6 is 11.6 Å². The molecule has 0 aliphatic heterocycles. The molecule has 1 aromatic heterocycles. The molecule has 1 N–H and O–H groups in total. The van der Waals surface area contributed by atoms with E-state index in [1.54, 1.807) is 7.05 Å². The van der Waals surface area contributed by atoms with E-state index in [1.165, 1.54) is 0 Å². The lowest BCUT2D eigenvalue weighted by Crippen LogP contribution is -2.38. The molecule has 1 heterocycles. The van der Waals surface area contributed by atoms with Crippen molar-refractivity contribution >= 4 is 17.6 Å². The van der Waals surface area contributed by atoms with Crippen LogP contribution in [0.3, 0.4) is 0 Å². The molecule has 0 fully saturated rings. The quantitative estimate of drug-likeness (QED) is 0.694. The van der Waals surface area contributed by atoms with Crippen LogP contribution in [0.1, 0.15) is 22.6 Å². The van der Waals surface area contributed by atoms with Crippen molar-refractivity contribution in [3.63, 3.8) is 0 Å². The van der Waals surface area contributed by atoms with Gasteiger partial charge in [-0.2, -0.15) is 0 Å². The summed E-state index contributed by atoms with van der Waals surface area (Å²) in [4.78, 5) is 6.36. The minimum Gasteiger partial charge on any atom is -0.361 e. The predicted octanol–water partition coefficient (Wildman–Crippen LogP) is 3.15. The van der Waals surface area contributed by atoms with Crippen molar-refractivity contribution in [1.29, 1.82) is 0 Å². The molecule has 0 aliphatic rings. The zero-order chi connectivity index (χ0) is 16.1. The average molecular weight is 321 g/mol. The number of hydrogen-bond acceptors (Lipinski definition) is 3. The van der Waals surface area contributed by atoms with Gasteiger partial charge in [0.25, 0.3) is 0 Å². The molecule has 5 nitrogen and oxygen atoms in total. The van der Waals surface area contributed by atoms with Crippen LogP contribution in [-0.4, -0.2) is 30.1 Å². The molecular weight excluding hydrogens is 300 g/mol. The minimum absolute atomic E-state index is 0.633. The lowest BCUT2D eigenvalue weighted by molar-refractivity contribution is 0.392. The first-order chi connectivity index (χ1) is 10.5. The van der Waals surface area contributed by atoms with Gasteiger partial charge in [-0.3, -0.25) is 4.99 Å². The Kier molecular flexibility index (Phi) is 5.44. The Morgan fingerprint density at radius 2 is 2.18 bits per heavy atom. The summed E-state index contributed by atoms with van der Waals surface area (Å²) in [7, 11) is 3.76. The number of halogens is 1. The second-order valence-corrected chi connectivity index (χ2v) is 5.63. The van der Waals surface area contributed by atoms with Crippen molar-refractivity contribution in [2.24, 2.45) is 4.99 Å². The van der Waals surface area contributed by atoms with E-state index < -0.39 is 0 Å². The van der Waals surface area contributed by atoms with Gasteiger partial charge in [0.2, 0.25) is 0 Å². The van der Waals surface area contributed by atoms with Crippen LogP contribution in [0.5, 0.6) is 0 Å². The highest BCUT2D eigenvalue weighted by molar-refractivity contribution is 6.30. The van der Waals surface area contributed by atoms with Crippen LogP contribution in [-0.2, 0) is 13.1 Å². The molecule has 1 aromatic carbocycles. The Morgan fingerprint density at radius 1 is 1.41 bits per heavy atom. The molecular formula is C16H21ClN4O. The Balaban J connectivity index is 1.99. The number of benzene rings is 1. The summed E-state index contributed by atoms with van der Waals surface area (Å²) >= 11 is 6.02. The van der Waals surface area contributed by atoms with Gasteiger partial charge >= 0.3 is 0 Å². The van der Waals surface area contributed by atoms with Crippen LogP contribution < -0.4 is 5.32 Å². The average Bonchev–Trinajstić information content (AvgIpc) is 2.79. The first-order valence-electron chi connectivity index (χ1n) is 7.09. The summed E-state index contributed by atoms with van der Waals surface area (Å²) in [6, 6.07) is 7.82. The van der Waals surface area contributed by atoms with Crippen molar-refractivity contribution < 1.29 is 4.52 Å². The van der Waals surface area contributed by atoms with E-state index in [4.69, 9.17) is 16.1 Å². The van der Waals surface area contributed by atoms with E-state index in [0.717, 1.165) is 40.1 Å². The Bertz CT molecular complexity index is 646. The molecule has 2 rings (SSSR count). The van der Waals surface area contributed by atoms with E-state index in [0.29, 0.717) is 6.54 Å². The summed E-state index contributed by atoms with van der Waals surface area (Å²) in [5.41, 5.74) is 3.10. The van der Waals surface area contributed by atoms with Gasteiger partial charge in [0.1, 0.15) is 5.76 Å². The van der Waals surface area contributed by atoms with Crippen LogP contribution in [0, 0.1) is 13.8 Å². The van der Waals surface area contributed by atoms with E-state index in [-0.39, 0.29) is 0 Å². The standard InChI is InChI=1S/C16H21ClN4O/c1-11-15(12(2)22-20-11)9-19-16(18-3)21(4)10-13-6-5-7-14(17)8-13/h5-8H,9-10H2,1-4H3,(H,18,19). The van der Waals surface area contributed by atoms with Crippen LogP contribution in [0.4, 0.5) is 0 Å². The number of aliphatic imine (C=N–C) groups is 1. The number of aryl methyl sites for hydroxylation is 2. The Labute approximate surface area is 136 Å². The maximum Gasteiger partial charge on any atom is 0.193 e. The van der Waals surface area contributed by atoms with Gasteiger partial charge in [-0.1, -0.05) is 28.9 Å². The lowest BCUT2D eigenvalue weighted by atomic mass is 10.2. The number of hydrogen-bond donors (Lipinski definition) is 1. The molecule has 0 aliphatic carbocycles. The van der Waals surface area contributed by atoms with Gasteiger partial charge in [0, 0.05) is 37.8 Å². The fourth-order valence-corrected chi connectivity index (χ4v) is 2.50. The van der Waals surface area contributed by atoms with Crippen molar-refractivity contribution in [3.05, 3.63) is 51.9 Å². The monoisotopic (exact) mass is 320 g/mol. The third kappa shape index (κ3) is 4.01. The summed E-state index contributed by atoms with van der Waals surface area (Å²) < 4.78 is 5.17. The zero-order valence-electron chi connectivity index (χ0n) is 13.4. The fourth-order valence-electron chi connectivity index (χ4n) is 2.29. The summed E-state index contributed by atoms with van der Waals surface area (Å²) in [5.74, 6) is 1.64. The van der Waals surface area contributed by atoms with Crippen LogP contribution in [0.25, 0.3) is 0 Å². The largest absolute Gasteiger partial charge is 0.361 e. The number of nitrogens with one attached hydrogen (secondary N) is 1. The lowest BCUT2D eigenvalue weighted by Gasteiger charge is -2.22. The van der Waals surface area contributed by atoms with Crippen LogP contribution in [0.2, 0.25) is 5.02 Å². The van der Waals surface area contributed by atoms with E-state index >= 15 is 0 Å². The first kappa shape index (κ1) is 16.4. The van der Waals surface area contributed by atoms with Gasteiger partial charge < -0.3 is 14.7 Å². The second kappa shape index (κ2) is 7.31. The van der Waals surface area contributed by atoms with Crippen molar-refractivity contribution in [3.8, 4) is 0 Å². The molecule has 0 unspecified atom stereocenters. The van der Waals surface area contributed by atoms with Gasteiger partial charge in [-0.25, -0.2) is 0 Å². The SMILES string of the molecule is CN=C(NCc1c(C)noc1C)N(C)Cc1cccc(Cl)c1. The predicted molar refractivity (Wildman–Crippen MR) is 89.1 cm³/mol. The summed E-state index contributed by atoms with van der Waals surface area (Å²) in [5, 5.41) is 8.03. The van der Waals surface area contributed by atoms with Gasteiger partial charge in [-0.15, -0.1) is 0 Å². The van der Waals surface area contributed by atoms with Crippen LogP contribution in [0.15, 0.2) is 33.8 Å². The highest BCUT2D eigenvalue weighted by atomic mass is 35.5. The van der Waals surface area contributed by atoms with Crippen molar-refractivity contribution in [1.82, 2.24) is 15.4 Å². The highest BCUT2D eigenvalue weighted by Gasteiger charge is 2.11. The van der Waals surface area contributed by atoms with Gasteiger partial charge in [-0.05, 0) is 31.5 Å². The molecule has 0 radical (unpaired) electrons. The molecule has 2 aromatic rings. The van der Waals surface area contributed by atoms with Crippen molar-refractivity contribution in [2.45, 2.75) is 26.9 Å². The molecule has 6 heteroatoms. The third-order valence-corrected chi connectivity index (χ3v) is 3.72. The first-order valence-corrected chi connectivity index (χ1v) is 7.47. The molecule has 0 amide bonds. The Hall–Kier alpha value is -2.01. The minimum atomic E-state index is 0.633. The number of guanidine groups is 1. The van der Waals surface area contributed by atoms with Gasteiger partial charge in [0.15, 0.2) is 5.96 Å². The maximum atomic E-state index is 6.02. The van der Waals surface area contributed by atoms with Crippen molar-refractivity contribution in [2.75, 3.05) is 14.1 Å². The number of rotatable bonds is 4. The zero-order valence-corrected chi connectivity index (χ0v) is 14.1. The van der Waals surface area contributed by atoms with E-state index in [9.17, 15) is 0 Å². The molecule has 0 saturated carbocycles. The molecule has 0 spiro atoms. The smallest absolute Gasteiger partial charge is 0.193 e. The van der Waals surface area contributed by atoms with E-state index in [2.05, 4.69) is 15.5 Å². The summed E-state index contributed by atoms with van der Waals surface area (Å²) in [6.07, 6.45) is 0. The van der Waals surface area contributed by atoms with E-state index in [1.807, 2.05) is 50.1 Å². The maximum absolute atomic E-state index is 6.02. The number of nitrogens with zero attached hydrogens (tertiary/aromatic N) is 3. The molecule has 0 saturated heterocycles. The Morgan fingerprint density at radius 3 is 2.77 bits per heavy atom. The molecule has 0 atom stereocenters. The third-order valence-electron chi connectivity index (χ3n) is 3.49. The fraction of sp³-hybridized carbons (Fsp3) is 0.375. The number of aromatic nitrogens is 1. The molecule has 0 bridgehead atoms. The van der Waals surface area contributed by atoms with Gasteiger partial charge in [0.05, 0.1) is 5.69 Å². The highest BCUT2D eigenvalue weighted by Crippen LogP contribution is 2.13. The summed E-state index contributed by atoms with van der Waals surface area (Å²) in [6.45, 7) is 5.21. The topological polar surface area (TPSA) is 53.7 Å². The molecule has 22 heavy (non-hydrogen) atoms. The normalized spacial score (nSPS) is 11.6. The second-order valence-electron chi connectivity index (χ2n) is 5.19. The molecule has 118 valence electrons.